The van der Waals surface area contributed by atoms with Crippen LogP contribution in [0.1, 0.15) is 23.2 Å². The molecule has 3 heterocycles. The van der Waals surface area contributed by atoms with E-state index in [1.54, 1.807) is 18.3 Å². The number of rotatable bonds is 5. The normalized spacial score (nSPS) is 13.0. The molecule has 7 nitrogen and oxygen atoms in total. The Morgan fingerprint density at radius 2 is 1.71 bits per heavy atom. The van der Waals surface area contributed by atoms with E-state index < -0.39 is 5.82 Å². The summed E-state index contributed by atoms with van der Waals surface area (Å²) in [6.45, 7) is 0. The number of nitrogens with zero attached hydrogens (tertiary/aromatic N) is 3. The number of carbonyl (C=O) groups is 2. The second kappa shape index (κ2) is 7.51. The molecule has 3 aromatic heterocycles. The van der Waals surface area contributed by atoms with Gasteiger partial charge in [0.15, 0.2) is 0 Å². The fourth-order valence-corrected chi connectivity index (χ4v) is 2.65. The summed E-state index contributed by atoms with van der Waals surface area (Å²) >= 11 is 0. The van der Waals surface area contributed by atoms with Gasteiger partial charge in [-0.2, -0.15) is 0 Å². The summed E-state index contributed by atoms with van der Waals surface area (Å²) in [5.74, 6) is -0.525. The van der Waals surface area contributed by atoms with Crippen LogP contribution in [0, 0.1) is 11.7 Å². The van der Waals surface area contributed by atoms with E-state index in [0.717, 1.165) is 19.0 Å². The Balaban J connectivity index is 1.49. The predicted molar refractivity (Wildman–Crippen MR) is 101 cm³/mol. The van der Waals surface area contributed by atoms with Crippen LogP contribution in [0.25, 0.3) is 11.1 Å². The maximum atomic E-state index is 13.4. The van der Waals surface area contributed by atoms with Crippen LogP contribution in [-0.4, -0.2) is 26.8 Å². The van der Waals surface area contributed by atoms with Gasteiger partial charge in [0.05, 0.1) is 18.1 Å². The Morgan fingerprint density at radius 3 is 2.46 bits per heavy atom. The van der Waals surface area contributed by atoms with E-state index in [1.165, 1.54) is 30.7 Å². The largest absolute Gasteiger partial charge is 0.321 e. The molecule has 0 aliphatic heterocycles. The summed E-state index contributed by atoms with van der Waals surface area (Å²) in [4.78, 5) is 36.4. The van der Waals surface area contributed by atoms with Gasteiger partial charge in [0.1, 0.15) is 11.6 Å². The van der Waals surface area contributed by atoms with Crippen LogP contribution in [0.4, 0.5) is 15.9 Å². The number of halogens is 1. The van der Waals surface area contributed by atoms with Crippen LogP contribution in [0.5, 0.6) is 0 Å². The maximum Gasteiger partial charge on any atom is 0.255 e. The molecule has 0 atom stereocenters. The van der Waals surface area contributed by atoms with Crippen LogP contribution in [0.2, 0.25) is 0 Å². The molecule has 1 aliphatic rings. The molecule has 0 saturated heterocycles. The monoisotopic (exact) mass is 377 g/mol. The molecule has 0 bridgehead atoms. The van der Waals surface area contributed by atoms with Crippen LogP contribution in [0.15, 0.2) is 55.2 Å². The summed E-state index contributed by atoms with van der Waals surface area (Å²) in [7, 11) is 0. The predicted octanol–water partition coefficient (Wildman–Crippen LogP) is 3.28. The minimum absolute atomic E-state index is 0.0467. The zero-order valence-electron chi connectivity index (χ0n) is 14.7. The van der Waals surface area contributed by atoms with Crippen molar-refractivity contribution >= 4 is 23.3 Å². The minimum atomic E-state index is -0.454. The Labute approximate surface area is 160 Å². The summed E-state index contributed by atoms with van der Waals surface area (Å²) in [5, 5.41) is 5.46. The number of aromatic nitrogens is 3. The van der Waals surface area contributed by atoms with Crippen LogP contribution < -0.4 is 10.6 Å². The first-order valence-corrected chi connectivity index (χ1v) is 8.73. The second-order valence-electron chi connectivity index (χ2n) is 6.50. The zero-order valence-corrected chi connectivity index (χ0v) is 14.7. The van der Waals surface area contributed by atoms with E-state index in [9.17, 15) is 14.0 Å². The Morgan fingerprint density at radius 1 is 0.964 bits per heavy atom. The number of amides is 2. The van der Waals surface area contributed by atoms with E-state index in [-0.39, 0.29) is 17.7 Å². The van der Waals surface area contributed by atoms with Gasteiger partial charge < -0.3 is 10.6 Å². The van der Waals surface area contributed by atoms with Gasteiger partial charge in [-0.05, 0) is 37.1 Å². The molecule has 0 spiro atoms. The molecule has 3 aromatic rings. The summed E-state index contributed by atoms with van der Waals surface area (Å²) in [5.41, 5.74) is 1.97. The smallest absolute Gasteiger partial charge is 0.255 e. The van der Waals surface area contributed by atoms with Crippen LogP contribution >= 0.6 is 0 Å². The molecular weight excluding hydrogens is 361 g/mol. The lowest BCUT2D eigenvalue weighted by Crippen LogP contribution is -2.16. The summed E-state index contributed by atoms with van der Waals surface area (Å²) in [6.07, 6.45) is 8.92. The Hall–Kier alpha value is -3.68. The van der Waals surface area contributed by atoms with Gasteiger partial charge in [0, 0.05) is 41.2 Å². The van der Waals surface area contributed by atoms with Gasteiger partial charge in [0.2, 0.25) is 5.91 Å². The van der Waals surface area contributed by atoms with Crippen molar-refractivity contribution in [1.29, 1.82) is 0 Å². The number of nitrogens with one attached hydrogen (secondary N) is 2. The number of anilines is 2. The number of carbonyl (C=O) groups excluding carboxylic acids is 2. The third-order valence-corrected chi connectivity index (χ3v) is 4.26. The number of hydrogen-bond acceptors (Lipinski definition) is 5. The van der Waals surface area contributed by atoms with E-state index in [4.69, 9.17) is 0 Å². The van der Waals surface area contributed by atoms with Gasteiger partial charge in [-0.3, -0.25) is 19.6 Å². The van der Waals surface area contributed by atoms with E-state index in [1.807, 2.05) is 0 Å². The van der Waals surface area contributed by atoms with Crippen LogP contribution in [-0.2, 0) is 4.79 Å². The fraction of sp³-hybridized carbons (Fsp3) is 0.150. The summed E-state index contributed by atoms with van der Waals surface area (Å²) in [6, 6.07) is 6.09. The highest BCUT2D eigenvalue weighted by Gasteiger charge is 2.29. The van der Waals surface area contributed by atoms with Gasteiger partial charge >= 0.3 is 0 Å². The highest BCUT2D eigenvalue weighted by molar-refractivity contribution is 6.05. The average Bonchev–Trinajstić information content (AvgIpc) is 3.54. The SMILES string of the molecule is O=C(Nc1cncc(-c2cncc(F)c2)c1)c1ccnc(NC(=O)C2CC2)c1. The average molecular weight is 377 g/mol. The molecule has 140 valence electrons. The second-order valence-corrected chi connectivity index (χ2v) is 6.50. The van der Waals surface area contributed by atoms with Crippen molar-refractivity contribution in [2.45, 2.75) is 12.8 Å². The van der Waals surface area contributed by atoms with Crippen molar-refractivity contribution in [2.75, 3.05) is 10.6 Å². The van der Waals surface area contributed by atoms with Crippen molar-refractivity contribution in [3.63, 3.8) is 0 Å². The molecule has 2 N–H and O–H groups in total. The molecule has 1 fully saturated rings. The quantitative estimate of drug-likeness (QED) is 0.711. The zero-order chi connectivity index (χ0) is 19.5. The molecule has 2 amide bonds. The molecule has 8 heteroatoms. The van der Waals surface area contributed by atoms with Crippen molar-refractivity contribution in [2.24, 2.45) is 5.92 Å². The van der Waals surface area contributed by atoms with E-state index in [2.05, 4.69) is 25.6 Å². The summed E-state index contributed by atoms with van der Waals surface area (Å²) < 4.78 is 13.4. The van der Waals surface area contributed by atoms with Gasteiger partial charge in [-0.1, -0.05) is 0 Å². The highest BCUT2D eigenvalue weighted by atomic mass is 19.1. The molecule has 1 aliphatic carbocycles. The molecule has 4 rings (SSSR count). The number of hydrogen-bond donors (Lipinski definition) is 2. The highest BCUT2D eigenvalue weighted by Crippen LogP contribution is 2.30. The lowest BCUT2D eigenvalue weighted by molar-refractivity contribution is -0.117. The van der Waals surface area contributed by atoms with Crippen LogP contribution in [0.3, 0.4) is 0 Å². The molecular formula is C20H16FN5O2. The number of pyridine rings is 3. The topological polar surface area (TPSA) is 96.9 Å². The molecule has 28 heavy (non-hydrogen) atoms. The van der Waals surface area contributed by atoms with Gasteiger partial charge in [0.25, 0.3) is 5.91 Å². The van der Waals surface area contributed by atoms with E-state index in [0.29, 0.717) is 28.2 Å². The molecule has 1 saturated carbocycles. The van der Waals surface area contributed by atoms with E-state index >= 15 is 0 Å². The van der Waals surface area contributed by atoms with Crippen molar-refractivity contribution in [1.82, 2.24) is 15.0 Å². The lowest BCUT2D eigenvalue weighted by atomic mass is 10.1. The minimum Gasteiger partial charge on any atom is -0.321 e. The molecule has 0 aromatic carbocycles. The third-order valence-electron chi connectivity index (χ3n) is 4.26. The van der Waals surface area contributed by atoms with Crippen molar-refractivity contribution in [3.8, 4) is 11.1 Å². The Kier molecular flexibility index (Phi) is 4.76. The van der Waals surface area contributed by atoms with Gasteiger partial charge in [-0.25, -0.2) is 9.37 Å². The third kappa shape index (κ3) is 4.17. The van der Waals surface area contributed by atoms with Crippen molar-refractivity contribution < 1.29 is 14.0 Å². The van der Waals surface area contributed by atoms with Gasteiger partial charge in [-0.15, -0.1) is 0 Å². The first-order valence-electron chi connectivity index (χ1n) is 8.73. The Bertz CT molecular complexity index is 1050. The first-order chi connectivity index (χ1) is 13.6. The standard InChI is InChI=1S/C20H16FN5O2/c21-16-5-14(8-22-10-16)15-6-17(11-23-9-15)25-20(28)13-3-4-24-18(7-13)26-19(27)12-1-2-12/h3-12H,1-2H2,(H,25,28)(H,24,26,27). The molecule has 0 unspecified atom stereocenters. The molecule has 0 radical (unpaired) electrons. The fourth-order valence-electron chi connectivity index (χ4n) is 2.65. The van der Waals surface area contributed by atoms with Crippen molar-refractivity contribution in [3.05, 3.63) is 66.6 Å². The lowest BCUT2D eigenvalue weighted by Gasteiger charge is -2.09. The maximum absolute atomic E-state index is 13.4. The first kappa shape index (κ1) is 17.7.